The van der Waals surface area contributed by atoms with E-state index in [0.717, 1.165) is 15.9 Å². The Labute approximate surface area is 90.7 Å². The SMILES string of the molecule is S=c1[nH]c2cc(Cl)cnc2n1C1CC1. The summed E-state index contributed by atoms with van der Waals surface area (Å²) in [6, 6.07) is 2.41. The van der Waals surface area contributed by atoms with E-state index in [4.69, 9.17) is 23.8 Å². The average Bonchev–Trinajstić information content (AvgIpc) is 2.89. The first kappa shape index (κ1) is 8.44. The topological polar surface area (TPSA) is 33.6 Å². The maximum atomic E-state index is 5.85. The normalized spacial score (nSPS) is 16.4. The van der Waals surface area contributed by atoms with Gasteiger partial charge in [0.2, 0.25) is 0 Å². The molecule has 0 radical (unpaired) electrons. The largest absolute Gasteiger partial charge is 0.329 e. The third kappa shape index (κ3) is 1.18. The number of pyridine rings is 1. The lowest BCUT2D eigenvalue weighted by Gasteiger charge is -1.98. The smallest absolute Gasteiger partial charge is 0.179 e. The molecule has 0 atom stereocenters. The Bertz CT molecular complexity index is 553. The average molecular weight is 226 g/mol. The first-order valence-corrected chi connectivity index (χ1v) is 5.30. The van der Waals surface area contributed by atoms with E-state index in [2.05, 4.69) is 14.5 Å². The Morgan fingerprint density at radius 2 is 2.36 bits per heavy atom. The zero-order valence-corrected chi connectivity index (χ0v) is 8.90. The lowest BCUT2D eigenvalue weighted by Crippen LogP contribution is -1.94. The van der Waals surface area contributed by atoms with Crippen molar-refractivity contribution in [1.29, 1.82) is 0 Å². The van der Waals surface area contributed by atoms with Gasteiger partial charge in [0.25, 0.3) is 0 Å². The molecule has 0 spiro atoms. The Balaban J connectivity index is 2.37. The van der Waals surface area contributed by atoms with Crippen LogP contribution in [0, 0.1) is 4.77 Å². The number of imidazole rings is 1. The molecule has 1 saturated carbocycles. The molecule has 0 unspecified atom stereocenters. The zero-order chi connectivity index (χ0) is 9.71. The van der Waals surface area contributed by atoms with E-state index in [0.29, 0.717) is 11.1 Å². The van der Waals surface area contributed by atoms with Crippen LogP contribution in [0.2, 0.25) is 5.02 Å². The van der Waals surface area contributed by atoms with Crippen molar-refractivity contribution in [3.63, 3.8) is 0 Å². The number of hydrogen-bond donors (Lipinski definition) is 1. The summed E-state index contributed by atoms with van der Waals surface area (Å²) in [6.45, 7) is 0. The number of H-pyrrole nitrogens is 1. The minimum absolute atomic E-state index is 0.546. The molecule has 2 aromatic rings. The van der Waals surface area contributed by atoms with Crippen LogP contribution >= 0.6 is 23.8 Å². The van der Waals surface area contributed by atoms with Crippen LogP contribution < -0.4 is 0 Å². The molecule has 0 bridgehead atoms. The molecule has 1 aliphatic rings. The molecule has 1 aliphatic carbocycles. The molecule has 2 aromatic heterocycles. The van der Waals surface area contributed by atoms with E-state index in [1.54, 1.807) is 6.20 Å². The van der Waals surface area contributed by atoms with Gasteiger partial charge in [0.05, 0.1) is 10.5 Å². The van der Waals surface area contributed by atoms with Crippen LogP contribution in [0.3, 0.4) is 0 Å². The maximum Gasteiger partial charge on any atom is 0.179 e. The van der Waals surface area contributed by atoms with Gasteiger partial charge in [-0.25, -0.2) is 4.98 Å². The molecular weight excluding hydrogens is 218 g/mol. The first-order chi connectivity index (χ1) is 6.75. The lowest BCUT2D eigenvalue weighted by molar-refractivity contribution is 0.745. The molecular formula is C9H8ClN3S. The maximum absolute atomic E-state index is 5.85. The van der Waals surface area contributed by atoms with Crippen molar-refractivity contribution in [1.82, 2.24) is 14.5 Å². The number of halogens is 1. The van der Waals surface area contributed by atoms with Crippen LogP contribution in [0.15, 0.2) is 12.3 Å². The van der Waals surface area contributed by atoms with Gasteiger partial charge in [0.1, 0.15) is 0 Å². The fourth-order valence-corrected chi connectivity index (χ4v) is 2.16. The fourth-order valence-electron chi connectivity index (χ4n) is 1.66. The molecule has 0 amide bonds. The van der Waals surface area contributed by atoms with Crippen molar-refractivity contribution in [3.8, 4) is 0 Å². The van der Waals surface area contributed by atoms with Gasteiger partial charge < -0.3 is 4.98 Å². The van der Waals surface area contributed by atoms with Gasteiger partial charge in [-0.05, 0) is 31.1 Å². The van der Waals surface area contributed by atoms with Crippen molar-refractivity contribution in [2.75, 3.05) is 0 Å². The predicted molar refractivity (Wildman–Crippen MR) is 58.2 cm³/mol. The highest BCUT2D eigenvalue weighted by Gasteiger charge is 2.26. The van der Waals surface area contributed by atoms with Gasteiger partial charge in [-0.15, -0.1) is 0 Å². The number of nitrogens with zero attached hydrogens (tertiary/aromatic N) is 2. The highest BCUT2D eigenvalue weighted by atomic mass is 35.5. The van der Waals surface area contributed by atoms with Crippen LogP contribution in [0.4, 0.5) is 0 Å². The number of fused-ring (bicyclic) bond motifs is 1. The second-order valence-electron chi connectivity index (χ2n) is 3.56. The van der Waals surface area contributed by atoms with Gasteiger partial charge >= 0.3 is 0 Å². The lowest BCUT2D eigenvalue weighted by atomic mass is 10.4. The number of hydrogen-bond acceptors (Lipinski definition) is 2. The zero-order valence-electron chi connectivity index (χ0n) is 7.33. The molecule has 5 heteroatoms. The van der Waals surface area contributed by atoms with Crippen molar-refractivity contribution < 1.29 is 0 Å². The molecule has 0 saturated heterocycles. The number of rotatable bonds is 1. The van der Waals surface area contributed by atoms with Crippen LogP contribution in [0.1, 0.15) is 18.9 Å². The second kappa shape index (κ2) is 2.81. The molecule has 3 nitrogen and oxygen atoms in total. The molecule has 0 aliphatic heterocycles. The molecule has 0 aromatic carbocycles. The van der Waals surface area contributed by atoms with E-state index < -0.39 is 0 Å². The van der Waals surface area contributed by atoms with Crippen molar-refractivity contribution in [2.45, 2.75) is 18.9 Å². The summed E-state index contributed by atoms with van der Waals surface area (Å²) in [5, 5.41) is 0.636. The van der Waals surface area contributed by atoms with Gasteiger partial charge in [0.15, 0.2) is 10.4 Å². The monoisotopic (exact) mass is 225 g/mol. The summed E-state index contributed by atoms with van der Waals surface area (Å²) < 4.78 is 2.83. The van der Waals surface area contributed by atoms with Crippen LogP contribution in [-0.2, 0) is 0 Å². The Morgan fingerprint density at radius 3 is 3.07 bits per heavy atom. The number of aromatic amines is 1. The van der Waals surface area contributed by atoms with E-state index in [1.165, 1.54) is 12.8 Å². The molecule has 3 rings (SSSR count). The summed E-state index contributed by atoms with van der Waals surface area (Å²) in [4.78, 5) is 7.42. The minimum atomic E-state index is 0.546. The van der Waals surface area contributed by atoms with Gasteiger partial charge in [-0.2, -0.15) is 0 Å². The van der Waals surface area contributed by atoms with E-state index in [9.17, 15) is 0 Å². The molecule has 72 valence electrons. The summed E-state index contributed by atoms with van der Waals surface area (Å²) >= 11 is 11.1. The summed E-state index contributed by atoms with van der Waals surface area (Å²) in [5.74, 6) is 0. The third-order valence-corrected chi connectivity index (χ3v) is 2.94. The standard InChI is InChI=1S/C9H8ClN3S/c10-5-3-7-8(11-4-5)13(6-1-2-6)9(14)12-7/h3-4,6H,1-2H2,(H,12,14). The van der Waals surface area contributed by atoms with Crippen LogP contribution in [0.5, 0.6) is 0 Å². The fraction of sp³-hybridized carbons (Fsp3) is 0.333. The first-order valence-electron chi connectivity index (χ1n) is 4.51. The Hall–Kier alpha value is -0.870. The second-order valence-corrected chi connectivity index (χ2v) is 4.38. The van der Waals surface area contributed by atoms with Gasteiger partial charge in [-0.1, -0.05) is 11.6 Å². The number of aromatic nitrogens is 3. The minimum Gasteiger partial charge on any atom is -0.329 e. The molecule has 1 N–H and O–H groups in total. The molecule has 1 fully saturated rings. The molecule has 14 heavy (non-hydrogen) atoms. The number of nitrogens with one attached hydrogen (secondary N) is 1. The molecule has 2 heterocycles. The van der Waals surface area contributed by atoms with Crippen LogP contribution in [-0.4, -0.2) is 14.5 Å². The highest BCUT2D eigenvalue weighted by molar-refractivity contribution is 7.71. The third-order valence-electron chi connectivity index (χ3n) is 2.43. The van der Waals surface area contributed by atoms with E-state index in [-0.39, 0.29) is 0 Å². The van der Waals surface area contributed by atoms with Crippen molar-refractivity contribution >= 4 is 35.0 Å². The van der Waals surface area contributed by atoms with Crippen LogP contribution in [0.25, 0.3) is 11.2 Å². The predicted octanol–water partition coefficient (Wildman–Crippen LogP) is 3.08. The summed E-state index contributed by atoms with van der Waals surface area (Å²) in [7, 11) is 0. The van der Waals surface area contributed by atoms with E-state index >= 15 is 0 Å². The van der Waals surface area contributed by atoms with Gasteiger partial charge in [-0.3, -0.25) is 4.57 Å². The van der Waals surface area contributed by atoms with Gasteiger partial charge in [0, 0.05) is 12.2 Å². The van der Waals surface area contributed by atoms with E-state index in [1.807, 2.05) is 6.07 Å². The Morgan fingerprint density at radius 1 is 1.57 bits per heavy atom. The Kier molecular flexibility index (Phi) is 1.69. The quantitative estimate of drug-likeness (QED) is 0.757. The summed E-state index contributed by atoms with van der Waals surface area (Å²) in [6.07, 6.45) is 4.06. The van der Waals surface area contributed by atoms with Crippen molar-refractivity contribution in [3.05, 3.63) is 22.1 Å². The summed E-state index contributed by atoms with van der Waals surface area (Å²) in [5.41, 5.74) is 1.84. The van der Waals surface area contributed by atoms with Crippen molar-refractivity contribution in [2.24, 2.45) is 0 Å². The highest BCUT2D eigenvalue weighted by Crippen LogP contribution is 2.37.